The van der Waals surface area contributed by atoms with Gasteiger partial charge in [-0.05, 0) is 120 Å². The molecule has 0 unspecified atom stereocenters. The largest absolute Gasteiger partial charge is 0.509 e. The van der Waals surface area contributed by atoms with Gasteiger partial charge in [-0.15, -0.1) is 53.6 Å². The summed E-state index contributed by atoms with van der Waals surface area (Å²) in [5, 5.41) is 2.20. The van der Waals surface area contributed by atoms with Gasteiger partial charge in [0, 0.05) is 72.5 Å². The number of rotatable bonds is 10. The molecule has 87 heavy (non-hydrogen) atoms. The van der Waals surface area contributed by atoms with Gasteiger partial charge in [-0.25, -0.2) is 4.98 Å². The van der Waals surface area contributed by atoms with Gasteiger partial charge in [-0.1, -0.05) is 241 Å². The van der Waals surface area contributed by atoms with Gasteiger partial charge in [0.05, 0.1) is 5.41 Å². The third-order valence-corrected chi connectivity index (χ3v) is 17.5. The number of benzene rings is 11. The molecule has 1 aliphatic heterocycles. The monoisotopic (exact) mass is 1300 g/mol. The molecule has 2 aliphatic rings. The fourth-order valence-corrected chi connectivity index (χ4v) is 13.3. The molecule has 0 amide bonds. The van der Waals surface area contributed by atoms with E-state index in [1.165, 1.54) is 44.5 Å². The van der Waals surface area contributed by atoms with Crippen molar-refractivity contribution >= 4 is 44.6 Å². The van der Waals surface area contributed by atoms with Crippen LogP contribution in [0.3, 0.4) is 0 Å². The Labute approximate surface area is 525 Å². The summed E-state index contributed by atoms with van der Waals surface area (Å²) < 4.78 is 9.26. The Morgan fingerprint density at radius 3 is 1.60 bits per heavy atom. The maximum atomic E-state index is 7.05. The smallest absolute Gasteiger partial charge is 0.135 e. The first-order valence-corrected chi connectivity index (χ1v) is 29.8. The summed E-state index contributed by atoms with van der Waals surface area (Å²) in [6.45, 7) is 15.8. The number of ether oxygens (including phenoxy) is 1. The van der Waals surface area contributed by atoms with Gasteiger partial charge in [-0.3, -0.25) is 0 Å². The number of hydrogen-bond donors (Lipinski definition) is 0. The van der Waals surface area contributed by atoms with Gasteiger partial charge < -0.3 is 19.1 Å². The average Bonchev–Trinajstić information content (AvgIpc) is 1.59. The second-order valence-corrected chi connectivity index (χ2v) is 24.8. The minimum Gasteiger partial charge on any atom is -0.509 e. The van der Waals surface area contributed by atoms with Crippen molar-refractivity contribution in [2.45, 2.75) is 57.8 Å². The van der Waals surface area contributed by atoms with Crippen LogP contribution in [-0.4, -0.2) is 9.55 Å². The number of para-hydroxylation sites is 3. The van der Waals surface area contributed by atoms with Crippen LogP contribution in [0.15, 0.2) is 267 Å². The number of anilines is 4. The van der Waals surface area contributed by atoms with Crippen molar-refractivity contribution in [2.75, 3.05) is 9.80 Å². The Balaban J connectivity index is 0.00000667. The molecule has 1 aliphatic carbocycles. The van der Waals surface area contributed by atoms with Gasteiger partial charge in [0.2, 0.25) is 0 Å². The SMILES string of the molecule is CC(C)(C)c1ccc(C2(c3cc(-c4ccccc4)c(N4[CH-]N(c5[c-]c(Oc6[c-]c7c(cc6)c6ccccc6n7-c6cc(C(C)(C)C)ccn6)cc(-c6ccccc6)c5)c5ccccc54)c(-c4ccccc4)c3)c3ccccc3-c3ccccc32)cc1.[Pt]. The second kappa shape index (κ2) is 21.8. The third kappa shape index (κ3) is 9.48. The number of aromatic nitrogens is 2. The van der Waals surface area contributed by atoms with Crippen LogP contribution in [0, 0.1) is 18.8 Å². The molecule has 0 atom stereocenters. The van der Waals surface area contributed by atoms with Crippen LogP contribution in [0.1, 0.15) is 74.9 Å². The van der Waals surface area contributed by atoms with Crippen LogP contribution in [0.2, 0.25) is 0 Å². The standard InChI is InChI=1S/C81H63N4O.Pt/c1-79(2,3)58-38-40-59(41-39-58)81(71-33-19-16-30-65(71)66-31-17-20-34-72(66)81)61-48-69(55-26-12-8-13-27-55)78(70(49-61)56-28-14-9-15-29-56)84-53-83(74-36-22-23-37-75(74)84)62-46-57(54-24-10-7-11-25-54)47-64(51-62)86-63-42-43-68-67-32-18-21-35-73(67)85(76(68)52-63)77-50-60(44-45-82-77)80(4,5)6;/h7-50,53H,1-6H3;/q-3;. The summed E-state index contributed by atoms with van der Waals surface area (Å²) in [6, 6.07) is 102. The zero-order chi connectivity index (χ0) is 58.3. The van der Waals surface area contributed by atoms with E-state index in [0.29, 0.717) is 11.5 Å². The molecule has 6 heteroatoms. The molecule has 0 N–H and O–H groups in total. The summed E-state index contributed by atoms with van der Waals surface area (Å²) >= 11 is 0. The molecule has 0 saturated heterocycles. The minimum atomic E-state index is -0.663. The van der Waals surface area contributed by atoms with Gasteiger partial charge >= 0.3 is 0 Å². The van der Waals surface area contributed by atoms with Crippen LogP contribution < -0.4 is 14.5 Å². The summed E-state index contributed by atoms with van der Waals surface area (Å²) in [6.07, 6.45) is 1.91. The molecule has 0 spiro atoms. The van der Waals surface area contributed by atoms with E-state index in [2.05, 4.69) is 329 Å². The van der Waals surface area contributed by atoms with Gasteiger partial charge in [0.25, 0.3) is 0 Å². The number of hydrogen-bond acceptors (Lipinski definition) is 4. The molecule has 2 aromatic heterocycles. The van der Waals surface area contributed by atoms with Crippen LogP contribution in [0.25, 0.3) is 72.1 Å². The number of fused-ring (bicyclic) bond motifs is 7. The zero-order valence-electron chi connectivity index (χ0n) is 49.5. The second-order valence-electron chi connectivity index (χ2n) is 24.8. The van der Waals surface area contributed by atoms with Gasteiger partial charge in [-0.2, -0.15) is 6.07 Å². The molecule has 0 saturated carbocycles. The normalized spacial score (nSPS) is 13.3. The summed E-state index contributed by atoms with van der Waals surface area (Å²) in [5.41, 5.74) is 21.6. The van der Waals surface area contributed by atoms with E-state index in [9.17, 15) is 0 Å². The van der Waals surface area contributed by atoms with E-state index in [-0.39, 0.29) is 31.9 Å². The number of nitrogens with zero attached hydrogens (tertiary/aromatic N) is 4. The van der Waals surface area contributed by atoms with Crippen molar-refractivity contribution in [3.63, 3.8) is 0 Å². The Kier molecular flexibility index (Phi) is 13.8. The minimum absolute atomic E-state index is 0. The summed E-state index contributed by atoms with van der Waals surface area (Å²) in [4.78, 5) is 9.62. The van der Waals surface area contributed by atoms with Crippen LogP contribution in [-0.2, 0) is 37.3 Å². The Bertz CT molecular complexity index is 4620. The first-order valence-electron chi connectivity index (χ1n) is 29.8. The van der Waals surface area contributed by atoms with Crippen molar-refractivity contribution in [1.29, 1.82) is 0 Å². The fourth-order valence-electron chi connectivity index (χ4n) is 13.3. The van der Waals surface area contributed by atoms with E-state index in [0.717, 1.165) is 83.8 Å². The van der Waals surface area contributed by atoms with Crippen LogP contribution in [0.5, 0.6) is 11.5 Å². The first kappa shape index (κ1) is 55.3. The molecule has 3 heterocycles. The Morgan fingerprint density at radius 1 is 0.425 bits per heavy atom. The maximum Gasteiger partial charge on any atom is 0.135 e. The molecule has 15 rings (SSSR count). The molecule has 13 aromatic rings. The van der Waals surface area contributed by atoms with Crippen molar-refractivity contribution in [3.8, 4) is 61.8 Å². The molecule has 0 fully saturated rings. The maximum absolute atomic E-state index is 7.05. The molecule has 426 valence electrons. The molecule has 0 bridgehead atoms. The molecule has 11 aromatic carbocycles. The van der Waals surface area contributed by atoms with Crippen LogP contribution >= 0.6 is 0 Å². The topological polar surface area (TPSA) is 33.5 Å². The Morgan fingerprint density at radius 2 is 0.977 bits per heavy atom. The molecular formula is C81H63N4OPt-3. The molecular weight excluding hydrogens is 1240 g/mol. The van der Waals surface area contributed by atoms with Gasteiger partial charge in [0.15, 0.2) is 0 Å². The molecule has 5 nitrogen and oxygen atoms in total. The molecule has 0 radical (unpaired) electrons. The van der Waals surface area contributed by atoms with Crippen molar-refractivity contribution in [1.82, 2.24) is 9.55 Å². The summed E-state index contributed by atoms with van der Waals surface area (Å²) in [7, 11) is 0. The average molecular weight is 1300 g/mol. The predicted octanol–water partition coefficient (Wildman–Crippen LogP) is 20.9. The van der Waals surface area contributed by atoms with E-state index >= 15 is 0 Å². The summed E-state index contributed by atoms with van der Waals surface area (Å²) in [5.74, 6) is 1.97. The van der Waals surface area contributed by atoms with Crippen molar-refractivity contribution in [2.24, 2.45) is 0 Å². The van der Waals surface area contributed by atoms with E-state index in [1.807, 2.05) is 12.3 Å². The van der Waals surface area contributed by atoms with E-state index in [1.54, 1.807) is 0 Å². The fraction of sp³-hybridized carbons (Fsp3) is 0.111. The van der Waals surface area contributed by atoms with Crippen molar-refractivity contribution < 1.29 is 25.8 Å². The van der Waals surface area contributed by atoms with E-state index < -0.39 is 5.41 Å². The Hall–Kier alpha value is -9.54. The van der Waals surface area contributed by atoms with Crippen molar-refractivity contribution in [3.05, 3.63) is 319 Å². The van der Waals surface area contributed by atoms with Crippen LogP contribution in [0.4, 0.5) is 22.7 Å². The van der Waals surface area contributed by atoms with E-state index in [4.69, 9.17) is 9.72 Å². The first-order chi connectivity index (χ1) is 41.9. The third-order valence-electron chi connectivity index (χ3n) is 17.5. The predicted molar refractivity (Wildman–Crippen MR) is 355 cm³/mol. The zero-order valence-corrected chi connectivity index (χ0v) is 51.8. The number of pyridine rings is 1. The quantitative estimate of drug-likeness (QED) is 0.128. The van der Waals surface area contributed by atoms with Gasteiger partial charge in [0.1, 0.15) is 5.82 Å².